The van der Waals surface area contributed by atoms with Crippen molar-refractivity contribution in [2.45, 2.75) is 24.6 Å². The SMILES string of the molecule is BrCc1ccncc1.COC(=O)C1CCc2ccc(O)cc2C1. The lowest BCUT2D eigenvalue weighted by atomic mass is 9.84. The molecular weight excluding hydrogens is 358 g/mol. The van der Waals surface area contributed by atoms with Gasteiger partial charge in [-0.15, -0.1) is 0 Å². The first-order chi connectivity index (χ1) is 11.1. The van der Waals surface area contributed by atoms with Gasteiger partial charge >= 0.3 is 5.97 Å². The lowest BCUT2D eigenvalue weighted by Crippen LogP contribution is -2.23. The molecule has 1 N–H and O–H groups in total. The van der Waals surface area contributed by atoms with Crippen LogP contribution < -0.4 is 0 Å². The number of aromatic nitrogens is 1. The summed E-state index contributed by atoms with van der Waals surface area (Å²) in [6.45, 7) is 0. The molecule has 0 fully saturated rings. The number of fused-ring (bicyclic) bond motifs is 1. The number of esters is 1. The molecule has 0 saturated carbocycles. The number of hydrogen-bond donors (Lipinski definition) is 1. The van der Waals surface area contributed by atoms with Gasteiger partial charge in [-0.25, -0.2) is 0 Å². The van der Waals surface area contributed by atoms with Crippen LogP contribution in [0.2, 0.25) is 0 Å². The number of carbonyl (C=O) groups excluding carboxylic acids is 1. The van der Waals surface area contributed by atoms with Crippen LogP contribution in [0.4, 0.5) is 0 Å². The number of phenols is 1. The molecule has 1 aromatic heterocycles. The van der Waals surface area contributed by atoms with Crippen LogP contribution in [0.3, 0.4) is 0 Å². The molecule has 23 heavy (non-hydrogen) atoms. The smallest absolute Gasteiger partial charge is 0.309 e. The topological polar surface area (TPSA) is 59.4 Å². The predicted molar refractivity (Wildman–Crippen MR) is 92.5 cm³/mol. The number of ether oxygens (including phenoxy) is 1. The standard InChI is InChI=1S/C12H14O3.C6H6BrN/c1-15-12(14)9-3-2-8-4-5-11(13)7-10(8)6-9;7-5-6-1-3-8-4-2-6/h4-5,7,9,13H,2-3,6H2,1H3;1-4H,5H2. The summed E-state index contributed by atoms with van der Waals surface area (Å²) in [5.74, 6) is 0.0626. The number of aromatic hydroxyl groups is 1. The third-order valence-electron chi connectivity index (χ3n) is 3.86. The Morgan fingerprint density at radius 2 is 2.04 bits per heavy atom. The molecular formula is C18H20BrNO3. The van der Waals surface area contributed by atoms with Crippen LogP contribution in [-0.4, -0.2) is 23.2 Å². The molecule has 4 nitrogen and oxygen atoms in total. The molecule has 1 aliphatic rings. The number of halogens is 1. The molecule has 1 heterocycles. The van der Waals surface area contributed by atoms with Gasteiger partial charge in [-0.1, -0.05) is 22.0 Å². The van der Waals surface area contributed by atoms with Gasteiger partial charge in [0, 0.05) is 17.7 Å². The average Bonchev–Trinajstić information content (AvgIpc) is 2.61. The summed E-state index contributed by atoms with van der Waals surface area (Å²) < 4.78 is 4.73. The number of aryl methyl sites for hydroxylation is 1. The Morgan fingerprint density at radius 3 is 2.65 bits per heavy atom. The minimum atomic E-state index is -0.149. The molecule has 0 amide bonds. The number of nitrogens with zero attached hydrogens (tertiary/aromatic N) is 1. The van der Waals surface area contributed by atoms with E-state index in [2.05, 4.69) is 20.9 Å². The van der Waals surface area contributed by atoms with Crippen LogP contribution in [0.25, 0.3) is 0 Å². The Morgan fingerprint density at radius 1 is 1.30 bits per heavy atom. The first-order valence-corrected chi connectivity index (χ1v) is 8.59. The summed E-state index contributed by atoms with van der Waals surface area (Å²) in [5.41, 5.74) is 3.56. The lowest BCUT2D eigenvalue weighted by Gasteiger charge is -2.22. The van der Waals surface area contributed by atoms with E-state index in [0.717, 1.165) is 23.7 Å². The molecule has 0 aliphatic heterocycles. The van der Waals surface area contributed by atoms with E-state index >= 15 is 0 Å². The summed E-state index contributed by atoms with van der Waals surface area (Å²) in [5, 5.41) is 10.3. The number of carbonyl (C=O) groups is 1. The molecule has 1 unspecified atom stereocenters. The first kappa shape index (κ1) is 17.5. The first-order valence-electron chi connectivity index (χ1n) is 7.47. The van der Waals surface area contributed by atoms with E-state index in [1.807, 2.05) is 18.2 Å². The number of phenolic OH excluding ortho intramolecular Hbond substituents is 1. The van der Waals surface area contributed by atoms with Gasteiger partial charge in [0.2, 0.25) is 0 Å². The van der Waals surface area contributed by atoms with Crippen molar-refractivity contribution in [3.8, 4) is 5.75 Å². The zero-order valence-electron chi connectivity index (χ0n) is 13.0. The zero-order valence-corrected chi connectivity index (χ0v) is 14.6. The molecule has 0 saturated heterocycles. The maximum Gasteiger partial charge on any atom is 0.309 e. The average molecular weight is 378 g/mol. The maximum absolute atomic E-state index is 11.4. The maximum atomic E-state index is 11.4. The Labute approximate surface area is 144 Å². The van der Waals surface area contributed by atoms with Crippen molar-refractivity contribution in [3.05, 3.63) is 59.4 Å². The van der Waals surface area contributed by atoms with Crippen molar-refractivity contribution < 1.29 is 14.6 Å². The van der Waals surface area contributed by atoms with Crippen LogP contribution >= 0.6 is 15.9 Å². The van der Waals surface area contributed by atoms with Gasteiger partial charge in [-0.2, -0.15) is 0 Å². The second kappa shape index (κ2) is 8.67. The molecule has 1 aromatic carbocycles. The Kier molecular flexibility index (Phi) is 6.59. The number of alkyl halides is 1. The van der Waals surface area contributed by atoms with Crippen molar-refractivity contribution in [1.82, 2.24) is 4.98 Å². The van der Waals surface area contributed by atoms with Crippen LogP contribution in [0, 0.1) is 5.92 Å². The molecule has 122 valence electrons. The van der Waals surface area contributed by atoms with Gasteiger partial charge in [0.25, 0.3) is 0 Å². The number of pyridine rings is 1. The molecule has 1 aliphatic carbocycles. The van der Waals surface area contributed by atoms with Crippen molar-refractivity contribution in [3.63, 3.8) is 0 Å². The van der Waals surface area contributed by atoms with Gasteiger partial charge < -0.3 is 9.84 Å². The van der Waals surface area contributed by atoms with Gasteiger partial charge in [-0.05, 0) is 60.2 Å². The minimum Gasteiger partial charge on any atom is -0.508 e. The molecule has 1 atom stereocenters. The van der Waals surface area contributed by atoms with Crippen LogP contribution in [0.15, 0.2) is 42.7 Å². The summed E-state index contributed by atoms with van der Waals surface area (Å²) in [6, 6.07) is 9.32. The third-order valence-corrected chi connectivity index (χ3v) is 4.50. The van der Waals surface area contributed by atoms with Crippen LogP contribution in [-0.2, 0) is 27.7 Å². The van der Waals surface area contributed by atoms with E-state index in [4.69, 9.17) is 4.74 Å². The number of methoxy groups -OCH3 is 1. The van der Waals surface area contributed by atoms with Gasteiger partial charge in [0.1, 0.15) is 5.75 Å². The molecule has 3 rings (SSSR count). The Hall–Kier alpha value is -1.88. The minimum absolute atomic E-state index is 0.0516. The van der Waals surface area contributed by atoms with E-state index in [9.17, 15) is 9.90 Å². The number of rotatable bonds is 2. The third kappa shape index (κ3) is 5.06. The predicted octanol–water partition coefficient (Wildman–Crippen LogP) is 3.65. The number of benzene rings is 1. The van der Waals surface area contributed by atoms with Gasteiger partial charge in [-0.3, -0.25) is 9.78 Å². The lowest BCUT2D eigenvalue weighted by molar-refractivity contribution is -0.145. The van der Waals surface area contributed by atoms with E-state index in [1.165, 1.54) is 18.2 Å². The highest BCUT2D eigenvalue weighted by Gasteiger charge is 2.25. The van der Waals surface area contributed by atoms with Crippen molar-refractivity contribution in [1.29, 1.82) is 0 Å². The quantitative estimate of drug-likeness (QED) is 0.640. The normalized spacial score (nSPS) is 15.8. The second-order valence-corrected chi connectivity index (χ2v) is 5.97. The van der Waals surface area contributed by atoms with Crippen LogP contribution in [0.5, 0.6) is 5.75 Å². The molecule has 0 spiro atoms. The fourth-order valence-corrected chi connectivity index (χ4v) is 2.96. The molecule has 0 bridgehead atoms. The van der Waals surface area contributed by atoms with Crippen molar-refractivity contribution in [2.75, 3.05) is 7.11 Å². The molecule has 5 heteroatoms. The molecule has 2 aromatic rings. The van der Waals surface area contributed by atoms with Gasteiger partial charge in [0.15, 0.2) is 0 Å². The molecule has 0 radical (unpaired) electrons. The zero-order chi connectivity index (χ0) is 16.7. The Bertz CT molecular complexity index is 646. The fourth-order valence-electron chi connectivity index (χ4n) is 2.58. The summed E-state index contributed by atoms with van der Waals surface area (Å²) >= 11 is 3.33. The highest BCUT2D eigenvalue weighted by Crippen LogP contribution is 2.28. The summed E-state index contributed by atoms with van der Waals surface area (Å²) in [7, 11) is 1.42. The van der Waals surface area contributed by atoms with E-state index in [-0.39, 0.29) is 17.6 Å². The van der Waals surface area contributed by atoms with Gasteiger partial charge in [0.05, 0.1) is 13.0 Å². The monoisotopic (exact) mass is 377 g/mol. The summed E-state index contributed by atoms with van der Waals surface area (Å²) in [4.78, 5) is 15.2. The van der Waals surface area contributed by atoms with Crippen molar-refractivity contribution >= 4 is 21.9 Å². The second-order valence-electron chi connectivity index (χ2n) is 5.40. The highest BCUT2D eigenvalue weighted by molar-refractivity contribution is 9.08. The van der Waals surface area contributed by atoms with Crippen molar-refractivity contribution in [2.24, 2.45) is 5.92 Å². The summed E-state index contributed by atoms with van der Waals surface area (Å²) in [6.07, 6.45) is 5.98. The van der Waals surface area contributed by atoms with Crippen LogP contribution in [0.1, 0.15) is 23.1 Å². The van der Waals surface area contributed by atoms with E-state index in [1.54, 1.807) is 24.5 Å². The number of hydrogen-bond acceptors (Lipinski definition) is 4. The van der Waals surface area contributed by atoms with E-state index in [0.29, 0.717) is 6.42 Å². The van der Waals surface area contributed by atoms with E-state index < -0.39 is 0 Å². The highest BCUT2D eigenvalue weighted by atomic mass is 79.9. The Balaban J connectivity index is 0.000000203. The fraction of sp³-hybridized carbons (Fsp3) is 0.333. The largest absolute Gasteiger partial charge is 0.508 e.